The molecule has 0 spiro atoms. The molecule has 0 saturated carbocycles. The van der Waals surface area contributed by atoms with E-state index < -0.39 is 9.84 Å². The fourth-order valence-corrected chi connectivity index (χ4v) is 2.35. The van der Waals surface area contributed by atoms with Crippen LogP contribution in [0.15, 0.2) is 23.1 Å². The van der Waals surface area contributed by atoms with Gasteiger partial charge in [-0.25, -0.2) is 8.42 Å². The zero-order chi connectivity index (χ0) is 15.3. The summed E-state index contributed by atoms with van der Waals surface area (Å²) in [5, 5.41) is 2.93. The standard InChI is InChI=1S/C13H19ClN2O3S/c1-9(8-15)3-6-13(17)16-12-7-10(20(2,18)19)4-5-11(12)14/h4-5,7,9H,3,6,8,15H2,1-2H3,(H,16,17). The highest BCUT2D eigenvalue weighted by atomic mass is 35.5. The number of nitrogens with one attached hydrogen (secondary N) is 1. The Balaban J connectivity index is 2.79. The minimum absolute atomic E-state index is 0.118. The molecule has 0 bridgehead atoms. The van der Waals surface area contributed by atoms with Crippen LogP contribution >= 0.6 is 11.6 Å². The second-order valence-electron chi connectivity index (χ2n) is 4.84. The Morgan fingerprint density at radius 2 is 2.10 bits per heavy atom. The lowest BCUT2D eigenvalue weighted by Crippen LogP contribution is -2.16. The first kappa shape index (κ1) is 16.9. The van der Waals surface area contributed by atoms with Crippen LogP contribution in [0, 0.1) is 5.92 Å². The van der Waals surface area contributed by atoms with Crippen molar-refractivity contribution >= 4 is 33.0 Å². The summed E-state index contributed by atoms with van der Waals surface area (Å²) in [5.41, 5.74) is 5.79. The average Bonchev–Trinajstić information content (AvgIpc) is 2.37. The van der Waals surface area contributed by atoms with E-state index in [0.29, 0.717) is 30.1 Å². The van der Waals surface area contributed by atoms with Gasteiger partial charge in [-0.3, -0.25) is 4.79 Å². The van der Waals surface area contributed by atoms with E-state index in [1.165, 1.54) is 18.2 Å². The molecule has 112 valence electrons. The van der Waals surface area contributed by atoms with Gasteiger partial charge in [-0.2, -0.15) is 0 Å². The van der Waals surface area contributed by atoms with Crippen molar-refractivity contribution in [3.05, 3.63) is 23.2 Å². The fourth-order valence-electron chi connectivity index (χ4n) is 1.54. The molecule has 0 aromatic heterocycles. The van der Waals surface area contributed by atoms with E-state index in [2.05, 4.69) is 5.32 Å². The van der Waals surface area contributed by atoms with Gasteiger partial charge in [0.2, 0.25) is 5.91 Å². The minimum atomic E-state index is -3.33. The number of carbonyl (C=O) groups excluding carboxylic acids is 1. The third-order valence-corrected chi connectivity index (χ3v) is 4.35. The molecule has 1 aromatic rings. The lowest BCUT2D eigenvalue weighted by Gasteiger charge is -2.10. The molecule has 1 atom stereocenters. The largest absolute Gasteiger partial charge is 0.330 e. The number of nitrogens with two attached hydrogens (primary N) is 1. The van der Waals surface area contributed by atoms with E-state index in [1.807, 2.05) is 6.92 Å². The summed E-state index contributed by atoms with van der Waals surface area (Å²) < 4.78 is 22.9. The molecule has 1 rings (SSSR count). The van der Waals surface area contributed by atoms with Gasteiger partial charge in [0, 0.05) is 12.7 Å². The smallest absolute Gasteiger partial charge is 0.224 e. The fraction of sp³-hybridized carbons (Fsp3) is 0.462. The van der Waals surface area contributed by atoms with Gasteiger partial charge in [0.25, 0.3) is 0 Å². The molecule has 0 radical (unpaired) electrons. The highest BCUT2D eigenvalue weighted by molar-refractivity contribution is 7.90. The molecule has 7 heteroatoms. The average molecular weight is 319 g/mol. The highest BCUT2D eigenvalue weighted by Crippen LogP contribution is 2.25. The van der Waals surface area contributed by atoms with Crippen molar-refractivity contribution in [3.8, 4) is 0 Å². The lowest BCUT2D eigenvalue weighted by molar-refractivity contribution is -0.116. The first-order chi connectivity index (χ1) is 9.24. The molecule has 20 heavy (non-hydrogen) atoms. The molecule has 1 aromatic carbocycles. The van der Waals surface area contributed by atoms with Crippen LogP contribution in [0.1, 0.15) is 19.8 Å². The van der Waals surface area contributed by atoms with Gasteiger partial charge < -0.3 is 11.1 Å². The maximum absolute atomic E-state index is 11.8. The number of carbonyl (C=O) groups is 1. The van der Waals surface area contributed by atoms with E-state index in [9.17, 15) is 13.2 Å². The van der Waals surface area contributed by atoms with Crippen molar-refractivity contribution in [2.45, 2.75) is 24.7 Å². The zero-order valence-corrected chi connectivity index (χ0v) is 13.1. The second-order valence-corrected chi connectivity index (χ2v) is 7.26. The van der Waals surface area contributed by atoms with Crippen molar-refractivity contribution < 1.29 is 13.2 Å². The third-order valence-electron chi connectivity index (χ3n) is 2.91. The van der Waals surface area contributed by atoms with E-state index in [4.69, 9.17) is 17.3 Å². The third kappa shape index (κ3) is 5.11. The number of halogens is 1. The topological polar surface area (TPSA) is 89.3 Å². The molecule has 0 saturated heterocycles. The van der Waals surface area contributed by atoms with Crippen molar-refractivity contribution in [3.63, 3.8) is 0 Å². The van der Waals surface area contributed by atoms with Crippen molar-refractivity contribution in [1.82, 2.24) is 0 Å². The van der Waals surface area contributed by atoms with Crippen LogP contribution in [0.4, 0.5) is 5.69 Å². The van der Waals surface area contributed by atoms with Crippen molar-refractivity contribution in [2.75, 3.05) is 18.1 Å². The SMILES string of the molecule is CC(CN)CCC(=O)Nc1cc(S(C)(=O)=O)ccc1Cl. The molecule has 0 aliphatic heterocycles. The number of benzene rings is 1. The van der Waals surface area contributed by atoms with Gasteiger partial charge in [-0.05, 0) is 37.1 Å². The van der Waals surface area contributed by atoms with E-state index in [1.54, 1.807) is 0 Å². The van der Waals surface area contributed by atoms with Crippen LogP contribution in [-0.2, 0) is 14.6 Å². The Hall–Kier alpha value is -1.11. The Bertz CT molecular complexity index is 587. The van der Waals surface area contributed by atoms with Crippen LogP contribution in [0.2, 0.25) is 5.02 Å². The van der Waals surface area contributed by atoms with Gasteiger partial charge >= 0.3 is 0 Å². The molecule has 1 amide bonds. The summed E-state index contributed by atoms with van der Waals surface area (Å²) in [6.45, 7) is 2.49. The van der Waals surface area contributed by atoms with Crippen molar-refractivity contribution in [2.24, 2.45) is 11.7 Å². The summed E-state index contributed by atoms with van der Waals surface area (Å²) in [4.78, 5) is 11.9. The first-order valence-corrected chi connectivity index (χ1v) is 8.50. The molecular weight excluding hydrogens is 300 g/mol. The van der Waals surface area contributed by atoms with Gasteiger partial charge in [0.05, 0.1) is 15.6 Å². The highest BCUT2D eigenvalue weighted by Gasteiger charge is 2.12. The van der Waals surface area contributed by atoms with Crippen molar-refractivity contribution in [1.29, 1.82) is 0 Å². The Morgan fingerprint density at radius 3 is 2.65 bits per heavy atom. The Kier molecular flexibility index (Phi) is 5.98. The molecular formula is C13H19ClN2O3S. The summed E-state index contributed by atoms with van der Waals surface area (Å²) in [5.74, 6) is 0.0522. The Labute approximate surface area is 124 Å². The van der Waals surface area contributed by atoms with Crippen LogP contribution < -0.4 is 11.1 Å². The van der Waals surface area contributed by atoms with Crippen LogP contribution in [-0.4, -0.2) is 27.1 Å². The summed E-state index contributed by atoms with van der Waals surface area (Å²) in [6.07, 6.45) is 2.09. The summed E-state index contributed by atoms with van der Waals surface area (Å²) >= 11 is 5.95. The number of sulfone groups is 1. The predicted molar refractivity (Wildman–Crippen MR) is 80.6 cm³/mol. The van der Waals surface area contributed by atoms with Crippen LogP contribution in [0.25, 0.3) is 0 Å². The summed E-state index contributed by atoms with van der Waals surface area (Å²) in [6, 6.07) is 4.22. The Morgan fingerprint density at radius 1 is 1.45 bits per heavy atom. The molecule has 3 N–H and O–H groups in total. The van der Waals surface area contributed by atoms with E-state index in [-0.39, 0.29) is 16.7 Å². The van der Waals surface area contributed by atoms with Gasteiger partial charge in [-0.15, -0.1) is 0 Å². The van der Waals surface area contributed by atoms with Gasteiger partial charge in [-0.1, -0.05) is 18.5 Å². The number of hydrogen-bond acceptors (Lipinski definition) is 4. The summed E-state index contributed by atoms with van der Waals surface area (Å²) in [7, 11) is -3.33. The predicted octanol–water partition coefficient (Wildman–Crippen LogP) is 2.06. The maximum atomic E-state index is 11.8. The number of amides is 1. The van der Waals surface area contributed by atoms with Crippen LogP contribution in [0.3, 0.4) is 0 Å². The van der Waals surface area contributed by atoms with Crippen LogP contribution in [0.5, 0.6) is 0 Å². The van der Waals surface area contributed by atoms with Gasteiger partial charge in [0.15, 0.2) is 9.84 Å². The minimum Gasteiger partial charge on any atom is -0.330 e. The molecule has 0 aliphatic rings. The molecule has 0 heterocycles. The normalized spacial score (nSPS) is 13.0. The molecule has 1 unspecified atom stereocenters. The molecule has 5 nitrogen and oxygen atoms in total. The lowest BCUT2D eigenvalue weighted by atomic mass is 10.1. The zero-order valence-electron chi connectivity index (χ0n) is 11.5. The van der Waals surface area contributed by atoms with E-state index in [0.717, 1.165) is 6.26 Å². The maximum Gasteiger partial charge on any atom is 0.224 e. The van der Waals surface area contributed by atoms with Gasteiger partial charge in [0.1, 0.15) is 0 Å². The molecule has 0 fully saturated rings. The second kappa shape index (κ2) is 7.06. The first-order valence-electron chi connectivity index (χ1n) is 6.23. The number of rotatable bonds is 6. The monoisotopic (exact) mass is 318 g/mol. The van der Waals surface area contributed by atoms with E-state index >= 15 is 0 Å². The number of anilines is 1. The molecule has 0 aliphatic carbocycles. The quantitative estimate of drug-likeness (QED) is 0.840. The number of hydrogen-bond donors (Lipinski definition) is 2.